The zero-order chi connectivity index (χ0) is 16.7. The van der Waals surface area contributed by atoms with Crippen LogP contribution in [-0.2, 0) is 16.1 Å². The van der Waals surface area contributed by atoms with Crippen LogP contribution in [0.5, 0.6) is 0 Å². The van der Waals surface area contributed by atoms with E-state index in [9.17, 15) is 9.59 Å². The molecular formula is C16H27Cl2N3O3S. The SMILES string of the molecule is CCOC(=O)c1csc(CNC(=O)CC(C)C2CCCNC2)n1.Cl.Cl. The molecule has 2 atom stereocenters. The zero-order valence-electron chi connectivity index (χ0n) is 14.6. The number of halogens is 2. The Bertz CT molecular complexity index is 536. The third kappa shape index (κ3) is 7.90. The van der Waals surface area contributed by atoms with Gasteiger partial charge in [-0.3, -0.25) is 4.79 Å². The second kappa shape index (κ2) is 12.5. The molecular weight excluding hydrogens is 385 g/mol. The van der Waals surface area contributed by atoms with Gasteiger partial charge in [-0.25, -0.2) is 9.78 Å². The Kier molecular flexibility index (Phi) is 12.0. The van der Waals surface area contributed by atoms with E-state index in [1.54, 1.807) is 12.3 Å². The third-order valence-electron chi connectivity index (χ3n) is 4.12. The maximum Gasteiger partial charge on any atom is 0.357 e. The number of piperidine rings is 1. The molecule has 2 rings (SSSR count). The van der Waals surface area contributed by atoms with Crippen molar-refractivity contribution in [1.29, 1.82) is 0 Å². The van der Waals surface area contributed by atoms with E-state index >= 15 is 0 Å². The van der Waals surface area contributed by atoms with Gasteiger partial charge in [0.05, 0.1) is 13.2 Å². The molecule has 0 radical (unpaired) electrons. The first-order chi connectivity index (χ1) is 11.1. The molecule has 1 saturated heterocycles. The molecule has 0 aliphatic carbocycles. The first-order valence-electron chi connectivity index (χ1n) is 8.19. The molecule has 2 heterocycles. The maximum atomic E-state index is 12.1. The molecule has 0 aromatic carbocycles. The summed E-state index contributed by atoms with van der Waals surface area (Å²) in [6.45, 7) is 6.68. The van der Waals surface area contributed by atoms with Crippen LogP contribution in [0.3, 0.4) is 0 Å². The molecule has 1 fully saturated rings. The van der Waals surface area contributed by atoms with Gasteiger partial charge in [-0.05, 0) is 44.7 Å². The number of nitrogens with one attached hydrogen (secondary N) is 2. The molecule has 6 nitrogen and oxygen atoms in total. The molecule has 9 heteroatoms. The van der Waals surface area contributed by atoms with Crippen molar-refractivity contribution in [1.82, 2.24) is 15.6 Å². The molecule has 1 aromatic rings. The van der Waals surface area contributed by atoms with Crippen LogP contribution in [0.1, 0.15) is 48.6 Å². The van der Waals surface area contributed by atoms with Crippen molar-refractivity contribution >= 4 is 48.0 Å². The van der Waals surface area contributed by atoms with Gasteiger partial charge in [0.25, 0.3) is 0 Å². The minimum absolute atomic E-state index is 0. The van der Waals surface area contributed by atoms with Gasteiger partial charge >= 0.3 is 5.97 Å². The van der Waals surface area contributed by atoms with Crippen LogP contribution >= 0.6 is 36.2 Å². The smallest absolute Gasteiger partial charge is 0.357 e. The van der Waals surface area contributed by atoms with E-state index in [0.717, 1.165) is 13.1 Å². The summed E-state index contributed by atoms with van der Waals surface area (Å²) in [6, 6.07) is 0. The van der Waals surface area contributed by atoms with Crippen molar-refractivity contribution in [2.75, 3.05) is 19.7 Å². The number of aromatic nitrogens is 1. The average molecular weight is 412 g/mol. The highest BCUT2D eigenvalue weighted by molar-refractivity contribution is 7.09. The zero-order valence-corrected chi connectivity index (χ0v) is 17.0. The Morgan fingerprint density at radius 2 is 2.24 bits per heavy atom. The van der Waals surface area contributed by atoms with Crippen LogP contribution in [0.25, 0.3) is 0 Å². The summed E-state index contributed by atoms with van der Waals surface area (Å²) in [4.78, 5) is 27.8. The van der Waals surface area contributed by atoms with Gasteiger partial charge < -0.3 is 15.4 Å². The summed E-state index contributed by atoms with van der Waals surface area (Å²) >= 11 is 1.36. The molecule has 2 unspecified atom stereocenters. The number of ether oxygens (including phenoxy) is 1. The number of amides is 1. The highest BCUT2D eigenvalue weighted by Gasteiger charge is 2.22. The first-order valence-corrected chi connectivity index (χ1v) is 9.07. The lowest BCUT2D eigenvalue weighted by atomic mass is 9.85. The quantitative estimate of drug-likeness (QED) is 0.674. The number of hydrogen-bond acceptors (Lipinski definition) is 6. The van der Waals surface area contributed by atoms with Gasteiger partial charge in [-0.15, -0.1) is 36.2 Å². The number of hydrogen-bond donors (Lipinski definition) is 2. The summed E-state index contributed by atoms with van der Waals surface area (Å²) < 4.78 is 4.90. The van der Waals surface area contributed by atoms with Crippen molar-refractivity contribution in [2.45, 2.75) is 39.7 Å². The Morgan fingerprint density at radius 3 is 2.88 bits per heavy atom. The van der Waals surface area contributed by atoms with Crippen molar-refractivity contribution in [3.05, 3.63) is 16.1 Å². The van der Waals surface area contributed by atoms with Gasteiger partial charge in [-0.2, -0.15) is 0 Å². The number of esters is 1. The van der Waals surface area contributed by atoms with Crippen molar-refractivity contribution in [3.8, 4) is 0 Å². The predicted molar refractivity (Wildman–Crippen MR) is 104 cm³/mol. The van der Waals surface area contributed by atoms with Gasteiger partial charge in [0, 0.05) is 11.8 Å². The molecule has 25 heavy (non-hydrogen) atoms. The number of carbonyl (C=O) groups is 2. The van der Waals surface area contributed by atoms with E-state index in [2.05, 4.69) is 22.5 Å². The second-order valence-electron chi connectivity index (χ2n) is 5.91. The van der Waals surface area contributed by atoms with E-state index in [0.29, 0.717) is 42.1 Å². The maximum absolute atomic E-state index is 12.1. The monoisotopic (exact) mass is 411 g/mol. The molecule has 2 N–H and O–H groups in total. The van der Waals surface area contributed by atoms with Crippen molar-refractivity contribution in [3.63, 3.8) is 0 Å². The number of thiazole rings is 1. The molecule has 1 aliphatic heterocycles. The second-order valence-corrected chi connectivity index (χ2v) is 6.85. The van der Waals surface area contributed by atoms with Crippen LogP contribution in [0.2, 0.25) is 0 Å². The van der Waals surface area contributed by atoms with E-state index < -0.39 is 5.97 Å². The lowest BCUT2D eigenvalue weighted by Gasteiger charge is -2.27. The Labute approximate surface area is 165 Å². The Hall–Kier alpha value is -0.890. The topological polar surface area (TPSA) is 80.3 Å². The van der Waals surface area contributed by atoms with Gasteiger partial charge in [0.2, 0.25) is 5.91 Å². The van der Waals surface area contributed by atoms with E-state index in [-0.39, 0.29) is 30.7 Å². The molecule has 1 aliphatic rings. The molecule has 1 aromatic heterocycles. The summed E-state index contributed by atoms with van der Waals surface area (Å²) in [5.41, 5.74) is 0.308. The molecule has 0 saturated carbocycles. The summed E-state index contributed by atoms with van der Waals surface area (Å²) in [5.74, 6) is 0.565. The summed E-state index contributed by atoms with van der Waals surface area (Å²) in [5, 5.41) is 8.65. The molecule has 0 bridgehead atoms. The normalized spacial score (nSPS) is 17.6. The van der Waals surface area contributed by atoms with Crippen LogP contribution in [0, 0.1) is 11.8 Å². The fourth-order valence-electron chi connectivity index (χ4n) is 2.76. The number of nitrogens with zero attached hydrogens (tertiary/aromatic N) is 1. The standard InChI is InChI=1S/C16H25N3O3S.2ClH/c1-3-22-16(21)13-10-23-15(19-13)9-18-14(20)7-11(2)12-5-4-6-17-8-12;;/h10-12,17H,3-9H2,1-2H3,(H,18,20);2*1H. The van der Waals surface area contributed by atoms with Gasteiger partial charge in [0.15, 0.2) is 5.69 Å². The molecule has 0 spiro atoms. The minimum Gasteiger partial charge on any atom is -0.461 e. The summed E-state index contributed by atoms with van der Waals surface area (Å²) in [6.07, 6.45) is 2.91. The average Bonchev–Trinajstić information content (AvgIpc) is 3.03. The fourth-order valence-corrected chi connectivity index (χ4v) is 3.46. The number of carbonyl (C=O) groups excluding carboxylic acids is 2. The largest absolute Gasteiger partial charge is 0.461 e. The van der Waals surface area contributed by atoms with Crippen molar-refractivity contribution < 1.29 is 14.3 Å². The molecule has 144 valence electrons. The van der Waals surface area contributed by atoms with E-state index in [1.165, 1.54) is 24.2 Å². The van der Waals surface area contributed by atoms with E-state index in [1.807, 2.05) is 0 Å². The Balaban J connectivity index is 0.00000288. The molecule has 1 amide bonds. The lowest BCUT2D eigenvalue weighted by Crippen LogP contribution is -2.35. The van der Waals surface area contributed by atoms with Crippen LogP contribution in [-0.4, -0.2) is 36.6 Å². The van der Waals surface area contributed by atoms with Gasteiger partial charge in [-0.1, -0.05) is 6.92 Å². The fraction of sp³-hybridized carbons (Fsp3) is 0.688. The lowest BCUT2D eigenvalue weighted by molar-refractivity contribution is -0.122. The summed E-state index contributed by atoms with van der Waals surface area (Å²) in [7, 11) is 0. The van der Waals surface area contributed by atoms with Crippen LogP contribution < -0.4 is 10.6 Å². The Morgan fingerprint density at radius 1 is 1.48 bits per heavy atom. The van der Waals surface area contributed by atoms with E-state index in [4.69, 9.17) is 4.74 Å². The minimum atomic E-state index is -0.417. The van der Waals surface area contributed by atoms with Crippen LogP contribution in [0.4, 0.5) is 0 Å². The van der Waals surface area contributed by atoms with Crippen molar-refractivity contribution in [2.24, 2.45) is 11.8 Å². The predicted octanol–water partition coefficient (Wildman–Crippen LogP) is 2.81. The first kappa shape index (κ1) is 24.1. The van der Waals surface area contributed by atoms with Gasteiger partial charge in [0.1, 0.15) is 5.01 Å². The van der Waals surface area contributed by atoms with Crippen LogP contribution in [0.15, 0.2) is 5.38 Å². The highest BCUT2D eigenvalue weighted by atomic mass is 35.5. The highest BCUT2D eigenvalue weighted by Crippen LogP contribution is 2.22. The third-order valence-corrected chi connectivity index (χ3v) is 4.97. The number of rotatable bonds is 7.